The third-order valence-electron chi connectivity index (χ3n) is 6.20. The SMILES string of the molecule is Cc1ccc(NC(=O)c2ccc(Cn3nc(C)c(S(=O)(=O)N4CCOCC4)c3C)cc2)cc1C. The van der Waals surface area contributed by atoms with Crippen LogP contribution < -0.4 is 5.32 Å². The van der Waals surface area contributed by atoms with Gasteiger partial charge < -0.3 is 10.1 Å². The Balaban J connectivity index is 1.49. The Labute approximate surface area is 200 Å². The zero-order valence-corrected chi connectivity index (χ0v) is 20.8. The van der Waals surface area contributed by atoms with Crippen molar-refractivity contribution in [2.24, 2.45) is 0 Å². The second-order valence-electron chi connectivity index (χ2n) is 8.62. The van der Waals surface area contributed by atoms with Gasteiger partial charge in [0.15, 0.2) is 0 Å². The van der Waals surface area contributed by atoms with E-state index < -0.39 is 10.0 Å². The zero-order chi connectivity index (χ0) is 24.5. The largest absolute Gasteiger partial charge is 0.379 e. The summed E-state index contributed by atoms with van der Waals surface area (Å²) in [4.78, 5) is 12.9. The van der Waals surface area contributed by atoms with E-state index >= 15 is 0 Å². The fourth-order valence-corrected chi connectivity index (χ4v) is 5.86. The van der Waals surface area contributed by atoms with Crippen molar-refractivity contribution in [1.29, 1.82) is 0 Å². The van der Waals surface area contributed by atoms with Crippen molar-refractivity contribution in [3.63, 3.8) is 0 Å². The molecule has 1 amide bonds. The van der Waals surface area contributed by atoms with Gasteiger partial charge in [-0.25, -0.2) is 8.42 Å². The maximum absolute atomic E-state index is 13.2. The number of aryl methyl sites for hydroxylation is 3. The van der Waals surface area contributed by atoms with Crippen molar-refractivity contribution in [3.8, 4) is 0 Å². The van der Waals surface area contributed by atoms with Gasteiger partial charge in [-0.3, -0.25) is 9.48 Å². The number of hydrogen-bond donors (Lipinski definition) is 1. The fraction of sp³-hybridized carbons (Fsp3) is 0.360. The Kier molecular flexibility index (Phi) is 6.88. The molecule has 2 heterocycles. The lowest BCUT2D eigenvalue weighted by molar-refractivity contribution is 0.0730. The van der Waals surface area contributed by atoms with Crippen LogP contribution in [0.5, 0.6) is 0 Å². The van der Waals surface area contributed by atoms with E-state index in [4.69, 9.17) is 4.74 Å². The number of anilines is 1. The summed E-state index contributed by atoms with van der Waals surface area (Å²) in [6.45, 7) is 9.43. The third-order valence-corrected chi connectivity index (χ3v) is 8.35. The number of amides is 1. The number of carbonyl (C=O) groups is 1. The monoisotopic (exact) mass is 482 g/mol. The summed E-state index contributed by atoms with van der Waals surface area (Å²) >= 11 is 0. The van der Waals surface area contributed by atoms with E-state index in [1.54, 1.807) is 30.7 Å². The van der Waals surface area contributed by atoms with Crippen molar-refractivity contribution in [2.45, 2.75) is 39.1 Å². The lowest BCUT2D eigenvalue weighted by Crippen LogP contribution is -2.41. The summed E-state index contributed by atoms with van der Waals surface area (Å²) in [5, 5.41) is 7.42. The van der Waals surface area contributed by atoms with Gasteiger partial charge in [-0.15, -0.1) is 0 Å². The molecule has 0 radical (unpaired) electrons. The number of carbonyl (C=O) groups excluding carboxylic acids is 1. The Morgan fingerprint density at radius 1 is 1.00 bits per heavy atom. The fourth-order valence-electron chi connectivity index (χ4n) is 4.08. The minimum atomic E-state index is -3.63. The molecule has 3 aromatic rings. The molecule has 34 heavy (non-hydrogen) atoms. The van der Waals surface area contributed by atoms with E-state index in [-0.39, 0.29) is 10.8 Å². The average molecular weight is 483 g/mol. The maximum atomic E-state index is 13.2. The van der Waals surface area contributed by atoms with Crippen LogP contribution in [0, 0.1) is 27.7 Å². The van der Waals surface area contributed by atoms with E-state index in [1.165, 1.54) is 9.87 Å². The molecule has 1 aromatic heterocycles. The number of ether oxygens (including phenoxy) is 1. The summed E-state index contributed by atoms with van der Waals surface area (Å²) in [5.74, 6) is -0.181. The highest BCUT2D eigenvalue weighted by Crippen LogP contribution is 2.25. The predicted octanol–water partition coefficient (Wildman–Crippen LogP) is 3.44. The highest BCUT2D eigenvalue weighted by molar-refractivity contribution is 7.89. The molecule has 2 aromatic carbocycles. The molecule has 0 unspecified atom stereocenters. The van der Waals surface area contributed by atoms with Crippen LogP contribution in [0.4, 0.5) is 5.69 Å². The number of sulfonamides is 1. The molecule has 4 rings (SSSR count). The van der Waals surface area contributed by atoms with Crippen LogP contribution in [0.1, 0.15) is 38.4 Å². The topological polar surface area (TPSA) is 93.5 Å². The van der Waals surface area contributed by atoms with Crippen LogP contribution in [0.3, 0.4) is 0 Å². The first kappa shape index (κ1) is 24.1. The second-order valence-corrected chi connectivity index (χ2v) is 10.5. The van der Waals surface area contributed by atoms with Crippen molar-refractivity contribution < 1.29 is 17.9 Å². The average Bonchev–Trinajstić information content (AvgIpc) is 3.10. The van der Waals surface area contributed by atoms with Gasteiger partial charge in [0.2, 0.25) is 10.0 Å². The second kappa shape index (κ2) is 9.69. The quantitative estimate of drug-likeness (QED) is 0.581. The molecular formula is C25H30N4O4S. The molecule has 1 saturated heterocycles. The normalized spacial score (nSPS) is 14.8. The molecule has 1 aliphatic heterocycles. The molecular weight excluding hydrogens is 452 g/mol. The van der Waals surface area contributed by atoms with E-state index in [0.29, 0.717) is 49.8 Å². The molecule has 1 N–H and O–H groups in total. The number of rotatable bonds is 6. The molecule has 0 atom stereocenters. The number of morpholine rings is 1. The van der Waals surface area contributed by atoms with E-state index in [0.717, 1.165) is 16.8 Å². The van der Waals surface area contributed by atoms with Gasteiger partial charge in [0.1, 0.15) is 4.90 Å². The van der Waals surface area contributed by atoms with Crippen molar-refractivity contribution >= 4 is 21.6 Å². The Morgan fingerprint density at radius 2 is 1.68 bits per heavy atom. The molecule has 0 saturated carbocycles. The number of aromatic nitrogens is 2. The maximum Gasteiger partial charge on any atom is 0.255 e. The van der Waals surface area contributed by atoms with Crippen LogP contribution >= 0.6 is 0 Å². The van der Waals surface area contributed by atoms with Crippen molar-refractivity contribution in [1.82, 2.24) is 14.1 Å². The summed E-state index contributed by atoms with van der Waals surface area (Å²) in [7, 11) is -3.63. The van der Waals surface area contributed by atoms with Crippen LogP contribution in [-0.2, 0) is 21.3 Å². The first-order chi connectivity index (χ1) is 16.2. The smallest absolute Gasteiger partial charge is 0.255 e. The third kappa shape index (κ3) is 4.91. The number of hydrogen-bond acceptors (Lipinski definition) is 5. The molecule has 180 valence electrons. The Hall–Kier alpha value is -3.01. The van der Waals surface area contributed by atoms with E-state index in [9.17, 15) is 13.2 Å². The highest BCUT2D eigenvalue weighted by atomic mass is 32.2. The molecule has 0 spiro atoms. The lowest BCUT2D eigenvalue weighted by Gasteiger charge is -2.26. The summed E-state index contributed by atoms with van der Waals surface area (Å²) in [5.41, 5.74) is 5.60. The number of nitrogens with one attached hydrogen (secondary N) is 1. The molecule has 1 aliphatic rings. The first-order valence-electron chi connectivity index (χ1n) is 11.3. The standard InChI is InChI=1S/C25H30N4O4S/c1-17-5-10-23(15-18(17)2)26-25(30)22-8-6-21(7-9-22)16-29-20(4)24(19(3)27-29)34(31,32)28-11-13-33-14-12-28/h5-10,15H,11-14,16H2,1-4H3,(H,26,30). The molecule has 0 bridgehead atoms. The van der Waals surface area contributed by atoms with E-state index in [1.807, 2.05) is 44.2 Å². The van der Waals surface area contributed by atoms with Crippen molar-refractivity contribution in [3.05, 3.63) is 76.1 Å². The minimum absolute atomic E-state index is 0.181. The van der Waals surface area contributed by atoms with Crippen molar-refractivity contribution in [2.75, 3.05) is 31.6 Å². The van der Waals surface area contributed by atoms with Gasteiger partial charge >= 0.3 is 0 Å². The first-order valence-corrected chi connectivity index (χ1v) is 12.7. The minimum Gasteiger partial charge on any atom is -0.379 e. The van der Waals surface area contributed by atoms with Crippen LogP contribution in [0.2, 0.25) is 0 Å². The highest BCUT2D eigenvalue weighted by Gasteiger charge is 2.32. The van der Waals surface area contributed by atoms with Crippen LogP contribution in [-0.4, -0.2) is 54.7 Å². The summed E-state index contributed by atoms with van der Waals surface area (Å²) in [6, 6.07) is 13.1. The summed E-state index contributed by atoms with van der Waals surface area (Å²) < 4.78 is 34.8. The van der Waals surface area contributed by atoms with Crippen LogP contribution in [0.15, 0.2) is 47.4 Å². The van der Waals surface area contributed by atoms with Crippen LogP contribution in [0.25, 0.3) is 0 Å². The molecule has 1 fully saturated rings. The predicted molar refractivity (Wildman–Crippen MR) is 131 cm³/mol. The summed E-state index contributed by atoms with van der Waals surface area (Å²) in [6.07, 6.45) is 0. The molecule has 0 aliphatic carbocycles. The molecule has 8 nitrogen and oxygen atoms in total. The Morgan fingerprint density at radius 3 is 2.32 bits per heavy atom. The van der Waals surface area contributed by atoms with Gasteiger partial charge in [0, 0.05) is 24.3 Å². The zero-order valence-electron chi connectivity index (χ0n) is 20.0. The van der Waals surface area contributed by atoms with Gasteiger partial charge in [0.05, 0.1) is 31.1 Å². The van der Waals surface area contributed by atoms with Gasteiger partial charge in [-0.2, -0.15) is 9.40 Å². The lowest BCUT2D eigenvalue weighted by atomic mass is 10.1. The van der Waals surface area contributed by atoms with Gasteiger partial charge in [-0.1, -0.05) is 18.2 Å². The van der Waals surface area contributed by atoms with Gasteiger partial charge in [0.25, 0.3) is 5.91 Å². The Bertz CT molecular complexity index is 1310. The van der Waals surface area contributed by atoms with Gasteiger partial charge in [-0.05, 0) is 68.7 Å². The van der Waals surface area contributed by atoms with E-state index in [2.05, 4.69) is 10.4 Å². The number of nitrogens with zero attached hydrogens (tertiary/aromatic N) is 3. The molecule has 9 heteroatoms. The number of benzene rings is 2.